The molecule has 5 heteroatoms. The first kappa shape index (κ1) is 13.4. The maximum atomic E-state index is 11.5. The summed E-state index contributed by atoms with van der Waals surface area (Å²) in [5.74, 6) is -0.285. The van der Waals surface area contributed by atoms with Gasteiger partial charge in [-0.15, -0.1) is 0 Å². The molecule has 5 nitrogen and oxygen atoms in total. The van der Waals surface area contributed by atoms with Crippen molar-refractivity contribution in [1.82, 2.24) is 10.2 Å². The van der Waals surface area contributed by atoms with Crippen LogP contribution in [0, 0.1) is 0 Å². The van der Waals surface area contributed by atoms with E-state index in [-0.39, 0.29) is 5.91 Å². The van der Waals surface area contributed by atoms with Gasteiger partial charge in [-0.1, -0.05) is 6.92 Å². The minimum atomic E-state index is -0.632. The van der Waals surface area contributed by atoms with E-state index in [4.69, 9.17) is 10.5 Å². The van der Waals surface area contributed by atoms with Gasteiger partial charge in [0.1, 0.15) is 5.54 Å². The molecule has 1 saturated heterocycles. The second kappa shape index (κ2) is 6.18. The monoisotopic (exact) mass is 229 g/mol. The van der Waals surface area contributed by atoms with Crippen molar-refractivity contribution in [2.75, 3.05) is 39.4 Å². The minimum Gasteiger partial charge on any atom is -0.379 e. The Hall–Kier alpha value is -0.650. The molecule has 1 rings (SSSR count). The van der Waals surface area contributed by atoms with Crippen LogP contribution in [0.1, 0.15) is 20.3 Å². The number of primary amides is 1. The van der Waals surface area contributed by atoms with Crippen LogP contribution in [0.15, 0.2) is 0 Å². The lowest BCUT2D eigenvalue weighted by Gasteiger charge is -2.35. The van der Waals surface area contributed by atoms with E-state index in [0.29, 0.717) is 6.54 Å². The second-order valence-electron chi connectivity index (χ2n) is 4.51. The van der Waals surface area contributed by atoms with E-state index in [1.54, 1.807) is 0 Å². The summed E-state index contributed by atoms with van der Waals surface area (Å²) in [6, 6.07) is 0. The highest BCUT2D eigenvalue weighted by atomic mass is 16.5. The van der Waals surface area contributed by atoms with Crippen LogP contribution in [0.2, 0.25) is 0 Å². The Morgan fingerprint density at radius 2 is 2.12 bits per heavy atom. The zero-order chi connectivity index (χ0) is 12.0. The van der Waals surface area contributed by atoms with Gasteiger partial charge in [-0.2, -0.15) is 0 Å². The van der Waals surface area contributed by atoms with Crippen LogP contribution in [0.5, 0.6) is 0 Å². The molecule has 3 N–H and O–H groups in total. The number of nitrogens with zero attached hydrogens (tertiary/aromatic N) is 1. The average Bonchev–Trinajstić information content (AvgIpc) is 2.27. The highest BCUT2D eigenvalue weighted by molar-refractivity contribution is 5.84. The smallest absolute Gasteiger partial charge is 0.238 e. The lowest BCUT2D eigenvalue weighted by molar-refractivity contribution is -0.125. The Morgan fingerprint density at radius 3 is 2.62 bits per heavy atom. The molecule has 1 atom stereocenters. The summed E-state index contributed by atoms with van der Waals surface area (Å²) in [7, 11) is 0. The van der Waals surface area contributed by atoms with E-state index >= 15 is 0 Å². The number of morpholine rings is 1. The lowest BCUT2D eigenvalue weighted by atomic mass is 10.00. The first-order chi connectivity index (χ1) is 7.58. The fraction of sp³-hybridized carbons (Fsp3) is 0.909. The fourth-order valence-corrected chi connectivity index (χ4v) is 1.83. The van der Waals surface area contributed by atoms with Gasteiger partial charge in [0.05, 0.1) is 13.2 Å². The van der Waals surface area contributed by atoms with Crippen molar-refractivity contribution in [2.45, 2.75) is 25.8 Å². The summed E-state index contributed by atoms with van der Waals surface area (Å²) in [6.45, 7) is 8.64. The van der Waals surface area contributed by atoms with Crippen molar-refractivity contribution in [3.63, 3.8) is 0 Å². The molecule has 0 bridgehead atoms. The number of nitrogens with one attached hydrogen (secondary N) is 1. The van der Waals surface area contributed by atoms with Crippen LogP contribution in [0.25, 0.3) is 0 Å². The Bertz CT molecular complexity index is 229. The quantitative estimate of drug-likeness (QED) is 0.648. The summed E-state index contributed by atoms with van der Waals surface area (Å²) >= 11 is 0. The Balaban J connectivity index is 2.51. The Labute approximate surface area is 97.3 Å². The molecule has 1 aliphatic rings. The maximum absolute atomic E-state index is 11.5. The third kappa shape index (κ3) is 3.73. The van der Waals surface area contributed by atoms with Gasteiger partial charge in [-0.3, -0.25) is 9.69 Å². The molecule has 1 amide bonds. The van der Waals surface area contributed by atoms with Crippen molar-refractivity contribution in [3.05, 3.63) is 0 Å². The molecular formula is C11H23N3O2. The standard InChI is InChI=1S/C11H23N3O2/c1-3-4-13-11(2,10(12)15)9-14-5-7-16-8-6-14/h13H,3-9H2,1-2H3,(H2,12,15). The normalized spacial score (nSPS) is 21.6. The second-order valence-corrected chi connectivity index (χ2v) is 4.51. The summed E-state index contributed by atoms with van der Waals surface area (Å²) in [6.07, 6.45) is 0.992. The summed E-state index contributed by atoms with van der Waals surface area (Å²) in [5, 5.41) is 3.24. The molecule has 1 fully saturated rings. The van der Waals surface area contributed by atoms with Crippen LogP contribution in [-0.2, 0) is 9.53 Å². The van der Waals surface area contributed by atoms with E-state index in [2.05, 4.69) is 17.1 Å². The largest absolute Gasteiger partial charge is 0.379 e. The maximum Gasteiger partial charge on any atom is 0.238 e. The fourth-order valence-electron chi connectivity index (χ4n) is 1.83. The minimum absolute atomic E-state index is 0.285. The molecule has 94 valence electrons. The number of rotatable bonds is 6. The van der Waals surface area contributed by atoms with Crippen molar-refractivity contribution >= 4 is 5.91 Å². The highest BCUT2D eigenvalue weighted by Gasteiger charge is 2.32. The van der Waals surface area contributed by atoms with E-state index in [9.17, 15) is 4.79 Å². The molecule has 0 saturated carbocycles. The zero-order valence-electron chi connectivity index (χ0n) is 10.3. The number of hydrogen-bond donors (Lipinski definition) is 2. The Morgan fingerprint density at radius 1 is 1.50 bits per heavy atom. The number of carbonyl (C=O) groups excluding carboxylic acids is 1. The van der Waals surface area contributed by atoms with Crippen LogP contribution in [0.4, 0.5) is 0 Å². The van der Waals surface area contributed by atoms with Crippen LogP contribution in [0.3, 0.4) is 0 Å². The predicted molar refractivity (Wildman–Crippen MR) is 63.2 cm³/mol. The van der Waals surface area contributed by atoms with Crippen LogP contribution in [-0.4, -0.2) is 55.7 Å². The van der Waals surface area contributed by atoms with E-state index in [1.807, 2.05) is 6.92 Å². The molecule has 1 unspecified atom stereocenters. The number of hydrogen-bond acceptors (Lipinski definition) is 4. The molecule has 1 heterocycles. The third-order valence-electron chi connectivity index (χ3n) is 2.95. The van der Waals surface area contributed by atoms with Gasteiger partial charge >= 0.3 is 0 Å². The predicted octanol–water partition coefficient (Wildman–Crippen LogP) is -0.438. The van der Waals surface area contributed by atoms with Crippen molar-refractivity contribution in [2.24, 2.45) is 5.73 Å². The van der Waals surface area contributed by atoms with Crippen LogP contribution >= 0.6 is 0 Å². The van der Waals surface area contributed by atoms with Gasteiger partial charge in [-0.25, -0.2) is 0 Å². The number of ether oxygens (including phenoxy) is 1. The lowest BCUT2D eigenvalue weighted by Crippen LogP contribution is -2.60. The third-order valence-corrected chi connectivity index (χ3v) is 2.95. The summed E-state index contributed by atoms with van der Waals surface area (Å²) < 4.78 is 5.28. The molecule has 16 heavy (non-hydrogen) atoms. The van der Waals surface area contributed by atoms with Gasteiger partial charge in [0.2, 0.25) is 5.91 Å². The SMILES string of the molecule is CCCNC(C)(CN1CCOCC1)C(N)=O. The molecule has 0 aromatic rings. The molecule has 0 radical (unpaired) electrons. The van der Waals surface area contributed by atoms with Gasteiger partial charge in [0, 0.05) is 19.6 Å². The zero-order valence-corrected chi connectivity index (χ0v) is 10.3. The molecule has 0 spiro atoms. The molecule has 0 aromatic heterocycles. The van der Waals surface area contributed by atoms with Crippen LogP contribution < -0.4 is 11.1 Å². The molecular weight excluding hydrogens is 206 g/mol. The van der Waals surface area contributed by atoms with Gasteiger partial charge < -0.3 is 15.8 Å². The first-order valence-corrected chi connectivity index (χ1v) is 5.93. The van der Waals surface area contributed by atoms with Gasteiger partial charge in [0.15, 0.2) is 0 Å². The van der Waals surface area contributed by atoms with Gasteiger partial charge in [0.25, 0.3) is 0 Å². The van der Waals surface area contributed by atoms with E-state index < -0.39 is 5.54 Å². The number of carbonyl (C=O) groups is 1. The first-order valence-electron chi connectivity index (χ1n) is 5.93. The summed E-state index contributed by atoms with van der Waals surface area (Å²) in [5.41, 5.74) is 4.84. The van der Waals surface area contributed by atoms with Crippen molar-refractivity contribution in [3.8, 4) is 0 Å². The molecule has 1 aliphatic heterocycles. The number of nitrogens with two attached hydrogens (primary N) is 1. The molecule has 0 aromatic carbocycles. The Kier molecular flexibility index (Phi) is 5.18. The van der Waals surface area contributed by atoms with Crippen molar-refractivity contribution < 1.29 is 9.53 Å². The van der Waals surface area contributed by atoms with E-state index in [1.165, 1.54) is 0 Å². The topological polar surface area (TPSA) is 67.6 Å². The van der Waals surface area contributed by atoms with Crippen molar-refractivity contribution in [1.29, 1.82) is 0 Å². The average molecular weight is 229 g/mol. The number of amides is 1. The highest BCUT2D eigenvalue weighted by Crippen LogP contribution is 2.08. The summed E-state index contributed by atoms with van der Waals surface area (Å²) in [4.78, 5) is 13.7. The molecule has 0 aliphatic carbocycles. The van der Waals surface area contributed by atoms with E-state index in [0.717, 1.165) is 39.3 Å². The van der Waals surface area contributed by atoms with Gasteiger partial charge in [-0.05, 0) is 19.9 Å².